The summed E-state index contributed by atoms with van der Waals surface area (Å²) in [4.78, 5) is 29.5. The Bertz CT molecular complexity index is 1670. The fraction of sp³-hybridized carbons (Fsp3) is 0.257. The van der Waals surface area contributed by atoms with Crippen molar-refractivity contribution in [1.29, 1.82) is 0 Å². The molecule has 0 saturated carbocycles. The van der Waals surface area contributed by atoms with Crippen molar-refractivity contribution in [2.45, 2.75) is 45.3 Å². The fourth-order valence-corrected chi connectivity index (χ4v) is 5.77. The van der Waals surface area contributed by atoms with Gasteiger partial charge >= 0.3 is 0 Å². The highest BCUT2D eigenvalue weighted by Crippen LogP contribution is 2.27. The number of sulfonamides is 1. The summed E-state index contributed by atoms with van der Waals surface area (Å²) < 4.78 is 33.0. The number of carbonyl (C=O) groups excluding carboxylic acids is 2. The van der Waals surface area contributed by atoms with Crippen molar-refractivity contribution >= 4 is 39.1 Å². The predicted molar refractivity (Wildman–Crippen MR) is 179 cm³/mol. The van der Waals surface area contributed by atoms with Crippen LogP contribution in [0.5, 0.6) is 11.5 Å². The van der Waals surface area contributed by atoms with Crippen molar-refractivity contribution in [3.8, 4) is 11.5 Å². The first-order chi connectivity index (χ1) is 21.5. The number of hydrogen-bond donors (Lipinski definition) is 1. The maximum Gasteiger partial charge on any atom is 0.244 e. The van der Waals surface area contributed by atoms with Gasteiger partial charge in [0, 0.05) is 24.0 Å². The fourth-order valence-electron chi connectivity index (χ4n) is 4.72. The van der Waals surface area contributed by atoms with Crippen LogP contribution in [0.1, 0.15) is 31.4 Å². The van der Waals surface area contributed by atoms with E-state index in [9.17, 15) is 18.0 Å². The van der Waals surface area contributed by atoms with E-state index in [1.54, 1.807) is 48.5 Å². The van der Waals surface area contributed by atoms with E-state index in [4.69, 9.17) is 16.3 Å². The number of carbonyl (C=O) groups is 2. The third-order valence-electron chi connectivity index (χ3n) is 7.35. The Morgan fingerprint density at radius 3 is 2.02 bits per heavy atom. The number of benzene rings is 4. The van der Waals surface area contributed by atoms with Gasteiger partial charge in [0.05, 0.1) is 11.9 Å². The predicted octanol–water partition coefficient (Wildman–Crippen LogP) is 6.45. The molecule has 0 spiro atoms. The van der Waals surface area contributed by atoms with E-state index in [0.29, 0.717) is 28.5 Å². The van der Waals surface area contributed by atoms with E-state index >= 15 is 0 Å². The van der Waals surface area contributed by atoms with Crippen LogP contribution in [0.25, 0.3) is 0 Å². The van der Waals surface area contributed by atoms with Crippen LogP contribution in [-0.2, 0) is 32.6 Å². The highest BCUT2D eigenvalue weighted by molar-refractivity contribution is 7.92. The molecular weight excluding hydrogens is 610 g/mol. The minimum absolute atomic E-state index is 0.00535. The molecular formula is C35H38ClN3O5S. The first kappa shape index (κ1) is 33.6. The molecule has 0 aliphatic carbocycles. The molecule has 0 unspecified atom stereocenters. The average Bonchev–Trinajstić information content (AvgIpc) is 3.03. The molecule has 1 N–H and O–H groups in total. The number of para-hydroxylation sites is 1. The summed E-state index contributed by atoms with van der Waals surface area (Å²) in [5, 5.41) is 3.45. The minimum atomic E-state index is -3.91. The van der Waals surface area contributed by atoms with Crippen molar-refractivity contribution in [3.63, 3.8) is 0 Å². The smallest absolute Gasteiger partial charge is 0.244 e. The van der Waals surface area contributed by atoms with E-state index in [2.05, 4.69) is 5.32 Å². The van der Waals surface area contributed by atoms with Crippen molar-refractivity contribution in [3.05, 3.63) is 125 Å². The molecule has 0 aromatic heterocycles. The van der Waals surface area contributed by atoms with Crippen LogP contribution in [0.4, 0.5) is 5.69 Å². The van der Waals surface area contributed by atoms with Crippen LogP contribution in [0.15, 0.2) is 109 Å². The topological polar surface area (TPSA) is 96.0 Å². The largest absolute Gasteiger partial charge is 0.457 e. The highest BCUT2D eigenvalue weighted by atomic mass is 35.5. The Kier molecular flexibility index (Phi) is 11.6. The first-order valence-corrected chi connectivity index (χ1v) is 17.0. The molecule has 0 saturated heterocycles. The number of ether oxygens (including phenoxy) is 1. The van der Waals surface area contributed by atoms with Crippen LogP contribution in [0.3, 0.4) is 0 Å². The molecule has 2 atom stereocenters. The normalized spacial score (nSPS) is 12.5. The second kappa shape index (κ2) is 15.6. The van der Waals surface area contributed by atoms with E-state index in [1.165, 1.54) is 4.90 Å². The first-order valence-electron chi connectivity index (χ1n) is 14.7. The Hall–Kier alpha value is -4.34. The quantitative estimate of drug-likeness (QED) is 0.170. The molecule has 8 nitrogen and oxygen atoms in total. The van der Waals surface area contributed by atoms with Crippen LogP contribution < -0.4 is 14.4 Å². The maximum absolute atomic E-state index is 14.3. The standard InChI is InChI=1S/C35H38ClN3O5S/c1-4-26(2)37-35(41)33(23-27-13-7-5-8-14-27)38(24-28-15-11-12-18-32(28)36)34(40)25-39(45(3,42)43)29-19-21-31(22-20-29)44-30-16-9-6-10-17-30/h5-22,26,33H,4,23-25H2,1-3H3,(H,37,41)/t26-,33+/m1/s1. The van der Waals surface area contributed by atoms with Gasteiger partial charge in [-0.3, -0.25) is 13.9 Å². The Morgan fingerprint density at radius 2 is 1.42 bits per heavy atom. The second-order valence-corrected chi connectivity index (χ2v) is 13.1. The lowest BCUT2D eigenvalue weighted by Crippen LogP contribution is -2.54. The van der Waals surface area contributed by atoms with Crippen molar-refractivity contribution in [2.24, 2.45) is 0 Å². The van der Waals surface area contributed by atoms with E-state index in [1.807, 2.05) is 74.5 Å². The van der Waals surface area contributed by atoms with Gasteiger partial charge in [0.25, 0.3) is 0 Å². The summed E-state index contributed by atoms with van der Waals surface area (Å²) in [6.45, 7) is 3.34. The number of anilines is 1. The summed E-state index contributed by atoms with van der Waals surface area (Å²) in [5.41, 5.74) is 1.77. The minimum Gasteiger partial charge on any atom is -0.457 e. The number of hydrogen-bond acceptors (Lipinski definition) is 5. The zero-order chi connectivity index (χ0) is 32.4. The summed E-state index contributed by atoms with van der Waals surface area (Å²) in [7, 11) is -3.91. The molecule has 236 valence electrons. The van der Waals surface area contributed by atoms with Gasteiger partial charge in [0.15, 0.2) is 0 Å². The monoisotopic (exact) mass is 647 g/mol. The van der Waals surface area contributed by atoms with Gasteiger partial charge in [0.2, 0.25) is 21.8 Å². The average molecular weight is 648 g/mol. The Labute approximate surface area is 270 Å². The molecule has 4 rings (SSSR count). The molecule has 0 bridgehead atoms. The molecule has 4 aromatic carbocycles. The molecule has 0 radical (unpaired) electrons. The van der Waals surface area contributed by atoms with Gasteiger partial charge < -0.3 is 15.0 Å². The van der Waals surface area contributed by atoms with Crippen LogP contribution in [-0.4, -0.2) is 50.0 Å². The van der Waals surface area contributed by atoms with Gasteiger partial charge in [-0.15, -0.1) is 0 Å². The van der Waals surface area contributed by atoms with Gasteiger partial charge in [0.1, 0.15) is 24.1 Å². The van der Waals surface area contributed by atoms with E-state index in [-0.39, 0.29) is 30.6 Å². The third kappa shape index (κ3) is 9.57. The number of amides is 2. The van der Waals surface area contributed by atoms with Gasteiger partial charge in [-0.25, -0.2) is 8.42 Å². The molecule has 4 aromatic rings. The van der Waals surface area contributed by atoms with Crippen molar-refractivity contribution in [2.75, 3.05) is 17.1 Å². The summed E-state index contributed by atoms with van der Waals surface area (Å²) >= 11 is 6.51. The van der Waals surface area contributed by atoms with Gasteiger partial charge in [-0.05, 0) is 66.9 Å². The molecule has 0 fully saturated rings. The SMILES string of the molecule is CC[C@@H](C)NC(=O)[C@H](Cc1ccccc1)N(Cc1ccccc1Cl)C(=O)CN(c1ccc(Oc2ccccc2)cc1)S(C)(=O)=O. The molecule has 10 heteroatoms. The van der Waals surface area contributed by atoms with Crippen LogP contribution >= 0.6 is 11.6 Å². The number of nitrogens with zero attached hydrogens (tertiary/aromatic N) is 2. The summed E-state index contributed by atoms with van der Waals surface area (Å²) in [6.07, 6.45) is 1.97. The molecule has 0 aliphatic rings. The molecule has 0 aliphatic heterocycles. The highest BCUT2D eigenvalue weighted by Gasteiger charge is 2.33. The molecule has 45 heavy (non-hydrogen) atoms. The molecule has 2 amide bonds. The number of halogens is 1. The summed E-state index contributed by atoms with van der Waals surface area (Å²) in [5.74, 6) is 0.262. The zero-order valence-corrected chi connectivity index (χ0v) is 27.2. The lowest BCUT2D eigenvalue weighted by molar-refractivity contribution is -0.140. The van der Waals surface area contributed by atoms with E-state index < -0.39 is 28.5 Å². The Balaban J connectivity index is 1.69. The van der Waals surface area contributed by atoms with Crippen LogP contribution in [0, 0.1) is 0 Å². The Morgan fingerprint density at radius 1 is 0.844 bits per heavy atom. The second-order valence-electron chi connectivity index (χ2n) is 10.8. The molecule has 0 heterocycles. The summed E-state index contributed by atoms with van der Waals surface area (Å²) in [6, 6.07) is 31.1. The van der Waals surface area contributed by atoms with Gasteiger partial charge in [-0.1, -0.05) is 85.3 Å². The van der Waals surface area contributed by atoms with Gasteiger partial charge in [-0.2, -0.15) is 0 Å². The van der Waals surface area contributed by atoms with Crippen molar-refractivity contribution in [1.82, 2.24) is 10.2 Å². The van der Waals surface area contributed by atoms with Crippen molar-refractivity contribution < 1.29 is 22.7 Å². The van der Waals surface area contributed by atoms with Crippen LogP contribution in [0.2, 0.25) is 5.02 Å². The third-order valence-corrected chi connectivity index (χ3v) is 8.86. The van der Waals surface area contributed by atoms with E-state index in [0.717, 1.165) is 16.1 Å². The zero-order valence-electron chi connectivity index (χ0n) is 25.6. The number of nitrogens with one attached hydrogen (secondary N) is 1. The lowest BCUT2D eigenvalue weighted by atomic mass is 10.0. The lowest BCUT2D eigenvalue weighted by Gasteiger charge is -2.34. The maximum atomic E-state index is 14.3. The number of rotatable bonds is 14.